The second-order valence-electron chi connectivity index (χ2n) is 7.69. The number of hydrogen-bond acceptors (Lipinski definition) is 5. The van der Waals surface area contributed by atoms with E-state index in [0.29, 0.717) is 37.6 Å². The van der Waals surface area contributed by atoms with Gasteiger partial charge in [-0.25, -0.2) is 0 Å². The fraction of sp³-hybridized carbons (Fsp3) is 0.600. The molecule has 7 nitrogen and oxygen atoms in total. The Kier molecular flexibility index (Phi) is 6.80. The largest absolute Gasteiger partial charge is 0.485 e. The van der Waals surface area contributed by atoms with Crippen LogP contribution in [0.4, 0.5) is 0 Å². The minimum atomic E-state index is -0.381. The van der Waals surface area contributed by atoms with Crippen molar-refractivity contribution in [1.29, 1.82) is 0 Å². The second-order valence-corrected chi connectivity index (χ2v) is 7.69. The Bertz CT molecular complexity index is 700. The van der Waals surface area contributed by atoms with Crippen molar-refractivity contribution in [2.45, 2.75) is 37.3 Å². The molecule has 0 unspecified atom stereocenters. The quantitative estimate of drug-likeness (QED) is 0.788. The molecule has 2 amide bonds. The number of benzene rings is 1. The molecule has 2 N–H and O–H groups in total. The third-order valence-corrected chi connectivity index (χ3v) is 5.76. The normalized spacial score (nSPS) is 27.6. The Morgan fingerprint density at radius 1 is 1.21 bits per heavy atom. The SMILES string of the molecule is Cl.O=C(CN1CCOCC1)NC1CCC2(CC1)CNC(=O)c1ccccc1O2. The summed E-state index contributed by atoms with van der Waals surface area (Å²) in [6.45, 7) is 3.97. The van der Waals surface area contributed by atoms with Crippen LogP contribution in [0.1, 0.15) is 36.0 Å². The summed E-state index contributed by atoms with van der Waals surface area (Å²) in [7, 11) is 0. The first-order valence-corrected chi connectivity index (χ1v) is 9.79. The van der Waals surface area contributed by atoms with Crippen LogP contribution in [0, 0.1) is 0 Å². The molecule has 1 aromatic rings. The van der Waals surface area contributed by atoms with Gasteiger partial charge in [0.05, 0.1) is 31.9 Å². The third-order valence-electron chi connectivity index (χ3n) is 5.76. The smallest absolute Gasteiger partial charge is 0.255 e. The van der Waals surface area contributed by atoms with Crippen molar-refractivity contribution < 1.29 is 19.1 Å². The summed E-state index contributed by atoms with van der Waals surface area (Å²) in [6, 6.07) is 7.56. The van der Waals surface area contributed by atoms with Crippen molar-refractivity contribution in [3.05, 3.63) is 29.8 Å². The van der Waals surface area contributed by atoms with Crippen LogP contribution in [-0.4, -0.2) is 67.7 Å². The number of rotatable bonds is 3. The van der Waals surface area contributed by atoms with Crippen LogP contribution in [0.15, 0.2) is 24.3 Å². The zero-order chi connectivity index (χ0) is 18.7. The van der Waals surface area contributed by atoms with E-state index in [-0.39, 0.29) is 35.9 Å². The Hall–Kier alpha value is -1.83. The minimum absolute atomic E-state index is 0. The van der Waals surface area contributed by atoms with Crippen LogP contribution in [0.2, 0.25) is 0 Å². The predicted octanol–water partition coefficient (Wildman–Crippen LogP) is 1.36. The molecule has 0 radical (unpaired) electrons. The van der Waals surface area contributed by atoms with Gasteiger partial charge in [-0.15, -0.1) is 12.4 Å². The van der Waals surface area contributed by atoms with E-state index in [0.717, 1.165) is 38.8 Å². The Morgan fingerprint density at radius 3 is 2.68 bits per heavy atom. The Balaban J connectivity index is 0.00000225. The molecule has 0 bridgehead atoms. The van der Waals surface area contributed by atoms with Gasteiger partial charge in [0.15, 0.2) is 0 Å². The zero-order valence-corrected chi connectivity index (χ0v) is 16.8. The predicted molar refractivity (Wildman–Crippen MR) is 107 cm³/mol. The maximum atomic E-state index is 12.3. The number of amides is 2. The summed E-state index contributed by atoms with van der Waals surface area (Å²) in [5.74, 6) is 0.656. The van der Waals surface area contributed by atoms with Crippen molar-refractivity contribution in [1.82, 2.24) is 15.5 Å². The molecule has 4 rings (SSSR count). The molecule has 1 aliphatic carbocycles. The third kappa shape index (κ3) is 4.77. The van der Waals surface area contributed by atoms with E-state index in [4.69, 9.17) is 9.47 Å². The van der Waals surface area contributed by atoms with Crippen LogP contribution in [0.25, 0.3) is 0 Å². The van der Waals surface area contributed by atoms with Gasteiger partial charge >= 0.3 is 0 Å². The minimum Gasteiger partial charge on any atom is -0.485 e. The molecule has 2 fully saturated rings. The number of nitrogens with one attached hydrogen (secondary N) is 2. The maximum Gasteiger partial charge on any atom is 0.255 e. The van der Waals surface area contributed by atoms with E-state index in [1.807, 2.05) is 18.2 Å². The van der Waals surface area contributed by atoms with Gasteiger partial charge < -0.3 is 20.1 Å². The van der Waals surface area contributed by atoms with Gasteiger partial charge in [0.25, 0.3) is 5.91 Å². The molecule has 2 aliphatic heterocycles. The van der Waals surface area contributed by atoms with Crippen LogP contribution in [0.3, 0.4) is 0 Å². The van der Waals surface area contributed by atoms with Crippen LogP contribution in [-0.2, 0) is 9.53 Å². The second kappa shape index (κ2) is 9.11. The number of morpholine rings is 1. The highest BCUT2D eigenvalue weighted by atomic mass is 35.5. The lowest BCUT2D eigenvalue weighted by molar-refractivity contribution is -0.124. The number of halogens is 1. The van der Waals surface area contributed by atoms with E-state index < -0.39 is 0 Å². The van der Waals surface area contributed by atoms with E-state index in [2.05, 4.69) is 15.5 Å². The number of nitrogens with zero attached hydrogens (tertiary/aromatic N) is 1. The number of carbonyl (C=O) groups excluding carboxylic acids is 2. The molecule has 1 spiro atoms. The summed E-state index contributed by atoms with van der Waals surface area (Å²) < 4.78 is 11.6. The lowest BCUT2D eigenvalue weighted by Crippen LogP contribution is -2.52. The first-order valence-electron chi connectivity index (χ1n) is 9.79. The van der Waals surface area contributed by atoms with Gasteiger partial charge in [0, 0.05) is 19.1 Å². The number of para-hydroxylation sites is 1. The molecule has 1 aromatic carbocycles. The van der Waals surface area contributed by atoms with Crippen LogP contribution in [0.5, 0.6) is 5.75 Å². The number of hydrogen-bond donors (Lipinski definition) is 2. The van der Waals surface area contributed by atoms with Crippen LogP contribution >= 0.6 is 12.4 Å². The zero-order valence-electron chi connectivity index (χ0n) is 15.9. The highest BCUT2D eigenvalue weighted by Gasteiger charge is 2.40. The molecular formula is C20H28ClN3O4. The number of carbonyl (C=O) groups is 2. The molecule has 3 aliphatic rings. The Labute approximate surface area is 171 Å². The first-order chi connectivity index (χ1) is 13.1. The molecule has 2 heterocycles. The fourth-order valence-electron chi connectivity index (χ4n) is 4.15. The molecule has 154 valence electrons. The van der Waals surface area contributed by atoms with Crippen molar-refractivity contribution >= 4 is 24.2 Å². The Morgan fingerprint density at radius 2 is 1.93 bits per heavy atom. The highest BCUT2D eigenvalue weighted by Crippen LogP contribution is 2.36. The summed E-state index contributed by atoms with van der Waals surface area (Å²) in [6.07, 6.45) is 3.33. The topological polar surface area (TPSA) is 79.9 Å². The molecular weight excluding hydrogens is 382 g/mol. The fourth-order valence-corrected chi connectivity index (χ4v) is 4.15. The van der Waals surface area contributed by atoms with Crippen molar-refractivity contribution in [2.75, 3.05) is 39.4 Å². The van der Waals surface area contributed by atoms with E-state index in [1.165, 1.54) is 0 Å². The lowest BCUT2D eigenvalue weighted by atomic mass is 9.81. The summed E-state index contributed by atoms with van der Waals surface area (Å²) in [5.41, 5.74) is 0.212. The van der Waals surface area contributed by atoms with Gasteiger partial charge in [-0.1, -0.05) is 12.1 Å². The van der Waals surface area contributed by atoms with E-state index >= 15 is 0 Å². The first kappa shape index (κ1) is 20.9. The molecule has 0 atom stereocenters. The summed E-state index contributed by atoms with van der Waals surface area (Å²) >= 11 is 0. The monoisotopic (exact) mass is 409 g/mol. The number of ether oxygens (including phenoxy) is 2. The van der Waals surface area contributed by atoms with Gasteiger partial charge in [-0.05, 0) is 37.8 Å². The molecule has 28 heavy (non-hydrogen) atoms. The molecule has 1 saturated carbocycles. The molecule has 8 heteroatoms. The molecule has 0 aromatic heterocycles. The maximum absolute atomic E-state index is 12.3. The van der Waals surface area contributed by atoms with Crippen molar-refractivity contribution in [2.24, 2.45) is 0 Å². The van der Waals surface area contributed by atoms with E-state index in [1.54, 1.807) is 6.07 Å². The van der Waals surface area contributed by atoms with Gasteiger partial charge in [0.1, 0.15) is 11.4 Å². The lowest BCUT2D eigenvalue weighted by Gasteiger charge is -2.39. The van der Waals surface area contributed by atoms with Gasteiger partial charge in [-0.3, -0.25) is 14.5 Å². The van der Waals surface area contributed by atoms with Crippen LogP contribution < -0.4 is 15.4 Å². The summed E-state index contributed by atoms with van der Waals surface area (Å²) in [4.78, 5) is 26.7. The standard InChI is InChI=1S/C20H27N3O4.ClH/c24-18(13-23-9-11-26-12-10-23)22-15-5-7-20(8-6-15)14-21-19(25)16-3-1-2-4-17(16)27-20;/h1-4,15H,5-14H2,(H,21,25)(H,22,24);1H. The van der Waals surface area contributed by atoms with Gasteiger partial charge in [0.2, 0.25) is 5.91 Å². The summed E-state index contributed by atoms with van der Waals surface area (Å²) in [5, 5.41) is 6.17. The van der Waals surface area contributed by atoms with Gasteiger partial charge in [-0.2, -0.15) is 0 Å². The highest BCUT2D eigenvalue weighted by molar-refractivity contribution is 5.97. The molecule has 1 saturated heterocycles. The van der Waals surface area contributed by atoms with Crippen molar-refractivity contribution in [3.8, 4) is 5.75 Å². The van der Waals surface area contributed by atoms with Crippen molar-refractivity contribution in [3.63, 3.8) is 0 Å². The average Bonchev–Trinajstić information content (AvgIpc) is 2.82. The number of fused-ring (bicyclic) bond motifs is 1. The van der Waals surface area contributed by atoms with E-state index in [9.17, 15) is 9.59 Å². The average molecular weight is 410 g/mol.